The van der Waals surface area contributed by atoms with E-state index in [0.717, 1.165) is 30.8 Å². The van der Waals surface area contributed by atoms with Crippen LogP contribution in [0.2, 0.25) is 0 Å². The first-order valence-corrected chi connectivity index (χ1v) is 10.8. The third kappa shape index (κ3) is 2.48. The molecule has 152 valence electrons. The highest BCUT2D eigenvalue weighted by atomic mass is 16.6. The largest absolute Gasteiger partial charge is 0.496 e. The Bertz CT molecular complexity index is 782. The third-order valence-electron chi connectivity index (χ3n) is 8.17. The van der Waals surface area contributed by atoms with Gasteiger partial charge in [0.2, 0.25) is 0 Å². The van der Waals surface area contributed by atoms with E-state index in [1.807, 2.05) is 18.2 Å². The molecule has 1 aromatic carbocycles. The van der Waals surface area contributed by atoms with Crippen molar-refractivity contribution in [1.29, 1.82) is 0 Å². The number of carbonyl (C=O) groups excluding carboxylic acids is 1. The minimum absolute atomic E-state index is 0.0126. The lowest BCUT2D eigenvalue weighted by Gasteiger charge is -2.48. The molecular weight excluding hydrogens is 354 g/mol. The highest BCUT2D eigenvalue weighted by Gasteiger charge is 2.78. The van der Waals surface area contributed by atoms with Crippen LogP contribution >= 0.6 is 0 Å². The van der Waals surface area contributed by atoms with Crippen molar-refractivity contribution in [3.05, 3.63) is 29.8 Å². The summed E-state index contributed by atoms with van der Waals surface area (Å²) in [6.07, 6.45) is 4.89. The van der Waals surface area contributed by atoms with Gasteiger partial charge in [-0.2, -0.15) is 0 Å². The first-order chi connectivity index (χ1) is 13.5. The van der Waals surface area contributed by atoms with Gasteiger partial charge in [-0.3, -0.25) is 4.79 Å². The summed E-state index contributed by atoms with van der Waals surface area (Å²) in [6.45, 7) is 6.26. The van der Waals surface area contributed by atoms with E-state index in [9.17, 15) is 4.79 Å². The van der Waals surface area contributed by atoms with Crippen molar-refractivity contribution < 1.29 is 24.3 Å². The van der Waals surface area contributed by atoms with E-state index >= 15 is 0 Å². The number of methoxy groups -OCH3 is 1. The SMILES string of the molecule is COc1ccccc1C[NH2+]C[C@H]1C(=O)O[C@@H]2C[C@@]3(C)CCC[C@H](C)[C@@]34O[C@H]4[C@@H]21. The number of para-hydroxylation sites is 1. The van der Waals surface area contributed by atoms with Gasteiger partial charge in [0.05, 0.1) is 19.8 Å². The molecule has 0 radical (unpaired) electrons. The van der Waals surface area contributed by atoms with Gasteiger partial charge in [0.25, 0.3) is 0 Å². The Kier molecular flexibility index (Phi) is 4.25. The van der Waals surface area contributed by atoms with Crippen LogP contribution in [0.4, 0.5) is 0 Å². The van der Waals surface area contributed by atoms with E-state index in [2.05, 4.69) is 25.2 Å². The van der Waals surface area contributed by atoms with E-state index in [0.29, 0.717) is 5.92 Å². The summed E-state index contributed by atoms with van der Waals surface area (Å²) in [5, 5.41) is 2.22. The second-order valence-corrected chi connectivity index (χ2v) is 9.59. The van der Waals surface area contributed by atoms with Gasteiger partial charge in [-0.15, -0.1) is 0 Å². The molecule has 1 spiro atoms. The number of hydrogen-bond acceptors (Lipinski definition) is 4. The number of epoxide rings is 1. The van der Waals surface area contributed by atoms with Crippen molar-refractivity contribution in [3.8, 4) is 5.75 Å². The molecule has 5 rings (SSSR count). The standard InChI is InChI=1S/C23H31NO4/c1-14-7-6-10-22(2)11-18-19(20-23(14,22)28-20)16(21(25)27-18)13-24-12-15-8-4-5-9-17(15)26-3/h4-5,8-9,14,16,18-20,24H,6-7,10-13H2,1-3H3/p+1/t14-,16+,18+,19+,20-,22+,23-/m0/s1. The van der Waals surface area contributed by atoms with Gasteiger partial charge in [-0.05, 0) is 37.3 Å². The summed E-state index contributed by atoms with van der Waals surface area (Å²) in [5.74, 6) is 1.61. The van der Waals surface area contributed by atoms with Gasteiger partial charge in [0.1, 0.15) is 29.9 Å². The summed E-state index contributed by atoms with van der Waals surface area (Å²) in [6, 6.07) is 8.08. The average molecular weight is 387 g/mol. The Morgan fingerprint density at radius 2 is 2.14 bits per heavy atom. The zero-order chi connectivity index (χ0) is 19.5. The van der Waals surface area contributed by atoms with Crippen LogP contribution in [0.5, 0.6) is 5.75 Å². The fraction of sp³-hybridized carbons (Fsp3) is 0.696. The molecular formula is C23H32NO4+. The molecule has 0 amide bonds. The fourth-order valence-corrected chi connectivity index (χ4v) is 6.79. The molecule has 2 N–H and O–H groups in total. The molecule has 5 nitrogen and oxygen atoms in total. The van der Waals surface area contributed by atoms with Crippen molar-refractivity contribution in [3.63, 3.8) is 0 Å². The van der Waals surface area contributed by atoms with E-state index in [1.54, 1.807) is 7.11 Å². The van der Waals surface area contributed by atoms with Gasteiger partial charge in [-0.25, -0.2) is 0 Å². The number of hydrogen-bond donors (Lipinski definition) is 1. The normalized spacial score (nSPS) is 43.5. The van der Waals surface area contributed by atoms with Crippen LogP contribution in [-0.4, -0.2) is 37.4 Å². The van der Waals surface area contributed by atoms with Crippen LogP contribution in [0.15, 0.2) is 24.3 Å². The van der Waals surface area contributed by atoms with Crippen molar-refractivity contribution in [2.24, 2.45) is 23.2 Å². The predicted octanol–water partition coefficient (Wildman–Crippen LogP) is 2.28. The smallest absolute Gasteiger partial charge is 0.315 e. The van der Waals surface area contributed by atoms with Gasteiger partial charge in [0, 0.05) is 16.9 Å². The Balaban J connectivity index is 1.30. The maximum Gasteiger partial charge on any atom is 0.315 e. The number of benzene rings is 1. The number of fused-ring (bicyclic) bond motifs is 2. The maximum absolute atomic E-state index is 12.7. The molecule has 0 aromatic heterocycles. The molecule has 2 aliphatic heterocycles. The summed E-state index contributed by atoms with van der Waals surface area (Å²) in [7, 11) is 1.70. The zero-order valence-corrected chi connectivity index (χ0v) is 17.1. The number of quaternary nitrogens is 1. The average Bonchev–Trinajstić information content (AvgIpc) is 3.36. The number of nitrogens with two attached hydrogens (primary N) is 1. The number of ether oxygens (including phenoxy) is 3. The highest BCUT2D eigenvalue weighted by Crippen LogP contribution is 2.70. The zero-order valence-electron chi connectivity index (χ0n) is 17.1. The molecule has 2 heterocycles. The van der Waals surface area contributed by atoms with Gasteiger partial charge < -0.3 is 19.5 Å². The maximum atomic E-state index is 12.7. The minimum Gasteiger partial charge on any atom is -0.496 e. The predicted molar refractivity (Wildman–Crippen MR) is 104 cm³/mol. The molecule has 7 atom stereocenters. The summed E-state index contributed by atoms with van der Waals surface area (Å²) in [5.41, 5.74) is 1.30. The highest BCUT2D eigenvalue weighted by molar-refractivity contribution is 5.76. The van der Waals surface area contributed by atoms with Crippen molar-refractivity contribution in [2.75, 3.05) is 13.7 Å². The third-order valence-corrected chi connectivity index (χ3v) is 8.17. The lowest BCUT2D eigenvalue weighted by Crippen LogP contribution is -2.84. The number of esters is 1. The molecule has 5 heteroatoms. The van der Waals surface area contributed by atoms with E-state index in [-0.39, 0.29) is 41.0 Å². The summed E-state index contributed by atoms with van der Waals surface area (Å²) < 4.78 is 17.9. The van der Waals surface area contributed by atoms with Gasteiger partial charge in [-0.1, -0.05) is 32.4 Å². The Hall–Kier alpha value is -1.59. The molecule has 4 fully saturated rings. The topological polar surface area (TPSA) is 64.7 Å². The molecule has 2 aliphatic carbocycles. The van der Waals surface area contributed by atoms with Gasteiger partial charge in [0.15, 0.2) is 0 Å². The lowest BCUT2D eigenvalue weighted by atomic mass is 9.53. The molecule has 4 aliphatic rings. The van der Waals surface area contributed by atoms with Crippen LogP contribution in [-0.2, 0) is 20.8 Å². The Morgan fingerprint density at radius 1 is 1.32 bits per heavy atom. The first-order valence-electron chi connectivity index (χ1n) is 10.8. The summed E-state index contributed by atoms with van der Waals surface area (Å²) in [4.78, 5) is 12.7. The molecule has 2 saturated carbocycles. The van der Waals surface area contributed by atoms with Crippen LogP contribution in [0.3, 0.4) is 0 Å². The van der Waals surface area contributed by atoms with Crippen LogP contribution in [0.25, 0.3) is 0 Å². The minimum atomic E-state index is -0.0669. The molecule has 28 heavy (non-hydrogen) atoms. The molecule has 2 saturated heterocycles. The number of rotatable bonds is 5. The van der Waals surface area contributed by atoms with E-state index < -0.39 is 0 Å². The van der Waals surface area contributed by atoms with Crippen LogP contribution < -0.4 is 10.1 Å². The van der Waals surface area contributed by atoms with Crippen molar-refractivity contribution in [1.82, 2.24) is 0 Å². The van der Waals surface area contributed by atoms with Crippen LogP contribution in [0.1, 0.15) is 45.1 Å². The number of carbonyl (C=O) groups is 1. The van der Waals surface area contributed by atoms with Gasteiger partial charge >= 0.3 is 5.97 Å². The van der Waals surface area contributed by atoms with Crippen molar-refractivity contribution >= 4 is 5.97 Å². The quantitative estimate of drug-likeness (QED) is 0.623. The lowest BCUT2D eigenvalue weighted by molar-refractivity contribution is -0.675. The molecule has 0 bridgehead atoms. The Labute approximate surface area is 167 Å². The van der Waals surface area contributed by atoms with Crippen LogP contribution in [0, 0.1) is 23.2 Å². The fourth-order valence-electron chi connectivity index (χ4n) is 6.79. The summed E-state index contributed by atoms with van der Waals surface area (Å²) >= 11 is 0. The van der Waals surface area contributed by atoms with E-state index in [4.69, 9.17) is 14.2 Å². The molecule has 0 unspecified atom stereocenters. The molecule has 1 aromatic rings. The second-order valence-electron chi connectivity index (χ2n) is 9.59. The first kappa shape index (κ1) is 18.4. The Morgan fingerprint density at radius 3 is 2.96 bits per heavy atom. The second kappa shape index (κ2) is 6.46. The van der Waals surface area contributed by atoms with E-state index in [1.165, 1.54) is 19.3 Å². The van der Waals surface area contributed by atoms with Crippen molar-refractivity contribution in [2.45, 2.75) is 63.9 Å². The monoisotopic (exact) mass is 386 g/mol.